The lowest BCUT2D eigenvalue weighted by Crippen LogP contribution is -2.37. The summed E-state index contributed by atoms with van der Waals surface area (Å²) in [7, 11) is 0. The first-order valence-electron chi connectivity index (χ1n) is 7.24. The Kier molecular flexibility index (Phi) is 4.76. The molecule has 0 aliphatic carbocycles. The van der Waals surface area contributed by atoms with Gasteiger partial charge in [0.1, 0.15) is 10.8 Å². The normalized spacial score (nSPS) is 18.9. The summed E-state index contributed by atoms with van der Waals surface area (Å²) in [5, 5.41) is 0. The third-order valence-electron chi connectivity index (χ3n) is 4.62. The second-order valence-electron chi connectivity index (χ2n) is 6.12. The van der Waals surface area contributed by atoms with Gasteiger partial charge in [0.2, 0.25) is 0 Å². The predicted molar refractivity (Wildman–Crippen MR) is 85.2 cm³/mol. The van der Waals surface area contributed by atoms with Crippen LogP contribution < -0.4 is 5.73 Å². The van der Waals surface area contributed by atoms with E-state index in [1.54, 1.807) is 6.07 Å². The molecule has 1 aromatic carbocycles. The lowest BCUT2D eigenvalue weighted by atomic mass is 9.78. The van der Waals surface area contributed by atoms with Crippen LogP contribution in [-0.2, 0) is 6.54 Å². The quantitative estimate of drug-likeness (QED) is 0.862. The Bertz CT molecular complexity index is 493. The third kappa shape index (κ3) is 3.55. The van der Waals surface area contributed by atoms with E-state index in [2.05, 4.69) is 18.7 Å². The van der Waals surface area contributed by atoms with Gasteiger partial charge < -0.3 is 5.73 Å². The fraction of sp³-hybridized carbons (Fsp3) is 0.562. The first-order chi connectivity index (χ1) is 9.43. The monoisotopic (exact) mass is 294 g/mol. The Labute approximate surface area is 126 Å². The molecule has 2 N–H and O–H groups in total. The van der Waals surface area contributed by atoms with Crippen molar-refractivity contribution in [1.82, 2.24) is 4.90 Å². The highest BCUT2D eigenvalue weighted by atomic mass is 32.1. The Morgan fingerprint density at radius 3 is 2.60 bits per heavy atom. The van der Waals surface area contributed by atoms with Gasteiger partial charge in [0, 0.05) is 12.1 Å². The molecule has 0 unspecified atom stereocenters. The van der Waals surface area contributed by atoms with Gasteiger partial charge in [-0.3, -0.25) is 4.90 Å². The van der Waals surface area contributed by atoms with Crippen LogP contribution in [0.15, 0.2) is 18.2 Å². The van der Waals surface area contributed by atoms with Crippen molar-refractivity contribution in [2.24, 2.45) is 11.1 Å². The standard InChI is InChI=1S/C16H23FN2S/c1-3-16(2)6-8-19(9-7-16)11-12-4-5-14(17)13(10-12)15(18)20/h4-5,10H,3,6-9,11H2,1-2H3,(H2,18,20). The second kappa shape index (κ2) is 6.19. The summed E-state index contributed by atoms with van der Waals surface area (Å²) in [4.78, 5) is 2.55. The number of hydrogen-bond donors (Lipinski definition) is 1. The summed E-state index contributed by atoms with van der Waals surface area (Å²) in [5.74, 6) is -0.335. The van der Waals surface area contributed by atoms with E-state index >= 15 is 0 Å². The second-order valence-corrected chi connectivity index (χ2v) is 6.56. The van der Waals surface area contributed by atoms with Crippen LogP contribution in [0.2, 0.25) is 0 Å². The van der Waals surface area contributed by atoms with Crippen molar-refractivity contribution in [3.05, 3.63) is 35.1 Å². The first kappa shape index (κ1) is 15.4. The van der Waals surface area contributed by atoms with Gasteiger partial charge in [-0.2, -0.15) is 0 Å². The van der Waals surface area contributed by atoms with Crippen molar-refractivity contribution in [2.45, 2.75) is 39.7 Å². The highest BCUT2D eigenvalue weighted by molar-refractivity contribution is 7.80. The minimum atomic E-state index is -0.335. The first-order valence-corrected chi connectivity index (χ1v) is 7.65. The molecule has 0 aromatic heterocycles. The summed E-state index contributed by atoms with van der Waals surface area (Å²) in [6.07, 6.45) is 3.70. The van der Waals surface area contributed by atoms with Crippen molar-refractivity contribution in [3.8, 4) is 0 Å². The number of likely N-dealkylation sites (tertiary alicyclic amines) is 1. The minimum Gasteiger partial charge on any atom is -0.389 e. The summed E-state index contributed by atoms with van der Waals surface area (Å²) in [6, 6.07) is 5.07. The van der Waals surface area contributed by atoms with Crippen molar-refractivity contribution < 1.29 is 4.39 Å². The number of rotatable bonds is 4. The molecule has 1 saturated heterocycles. The molecule has 2 nitrogen and oxygen atoms in total. The molecule has 1 aliphatic rings. The van der Waals surface area contributed by atoms with Crippen LogP contribution in [0.3, 0.4) is 0 Å². The maximum atomic E-state index is 13.6. The van der Waals surface area contributed by atoms with Crippen molar-refractivity contribution in [3.63, 3.8) is 0 Å². The van der Waals surface area contributed by atoms with Crippen LogP contribution in [-0.4, -0.2) is 23.0 Å². The van der Waals surface area contributed by atoms with E-state index < -0.39 is 0 Å². The number of benzene rings is 1. The summed E-state index contributed by atoms with van der Waals surface area (Å²) >= 11 is 4.88. The zero-order valence-corrected chi connectivity index (χ0v) is 13.1. The van der Waals surface area contributed by atoms with Crippen LogP contribution >= 0.6 is 12.2 Å². The van der Waals surface area contributed by atoms with Crippen molar-refractivity contribution >= 4 is 17.2 Å². The van der Waals surface area contributed by atoms with Gasteiger partial charge in [0.25, 0.3) is 0 Å². The topological polar surface area (TPSA) is 29.3 Å². The molecule has 0 saturated carbocycles. The average molecular weight is 294 g/mol. The van der Waals surface area contributed by atoms with E-state index in [-0.39, 0.29) is 10.8 Å². The lowest BCUT2D eigenvalue weighted by Gasteiger charge is -2.39. The predicted octanol–water partition coefficient (Wildman–Crippen LogP) is 3.47. The Morgan fingerprint density at radius 1 is 1.40 bits per heavy atom. The smallest absolute Gasteiger partial charge is 0.133 e. The maximum absolute atomic E-state index is 13.6. The van der Waals surface area contributed by atoms with Gasteiger partial charge in [-0.25, -0.2) is 4.39 Å². The van der Waals surface area contributed by atoms with E-state index in [1.165, 1.54) is 25.3 Å². The van der Waals surface area contributed by atoms with Crippen molar-refractivity contribution in [1.29, 1.82) is 0 Å². The number of nitrogens with two attached hydrogens (primary N) is 1. The minimum absolute atomic E-state index is 0.126. The molecule has 0 bridgehead atoms. The molecule has 4 heteroatoms. The molecular formula is C16H23FN2S. The highest BCUT2D eigenvalue weighted by Crippen LogP contribution is 2.34. The number of piperidine rings is 1. The van der Waals surface area contributed by atoms with E-state index in [0.717, 1.165) is 25.2 Å². The van der Waals surface area contributed by atoms with E-state index in [1.807, 2.05) is 6.07 Å². The molecule has 0 radical (unpaired) electrons. The van der Waals surface area contributed by atoms with Gasteiger partial charge in [-0.15, -0.1) is 0 Å². The van der Waals surface area contributed by atoms with Crippen LogP contribution in [0, 0.1) is 11.2 Å². The molecule has 1 heterocycles. The average Bonchev–Trinajstić information content (AvgIpc) is 2.43. The van der Waals surface area contributed by atoms with E-state index in [9.17, 15) is 4.39 Å². The van der Waals surface area contributed by atoms with Gasteiger partial charge in [-0.05, 0) is 49.0 Å². The van der Waals surface area contributed by atoms with E-state index in [0.29, 0.717) is 11.0 Å². The van der Waals surface area contributed by atoms with Crippen LogP contribution in [0.1, 0.15) is 44.2 Å². The zero-order chi connectivity index (χ0) is 14.8. The van der Waals surface area contributed by atoms with Crippen LogP contribution in [0.5, 0.6) is 0 Å². The number of hydrogen-bond acceptors (Lipinski definition) is 2. The lowest BCUT2D eigenvalue weighted by molar-refractivity contribution is 0.109. The fourth-order valence-corrected chi connectivity index (χ4v) is 2.88. The molecule has 110 valence electrons. The summed E-state index contributed by atoms with van der Waals surface area (Å²) in [6.45, 7) is 7.68. The molecule has 2 rings (SSSR count). The van der Waals surface area contributed by atoms with Crippen molar-refractivity contribution in [2.75, 3.05) is 13.1 Å². The Balaban J connectivity index is 2.01. The highest BCUT2D eigenvalue weighted by Gasteiger charge is 2.28. The van der Waals surface area contributed by atoms with Gasteiger partial charge in [0.15, 0.2) is 0 Å². The summed E-state index contributed by atoms with van der Waals surface area (Å²) < 4.78 is 13.6. The molecule has 1 fully saturated rings. The number of thiocarbonyl (C=S) groups is 1. The van der Waals surface area contributed by atoms with Gasteiger partial charge in [0.05, 0.1) is 0 Å². The van der Waals surface area contributed by atoms with Crippen LogP contribution in [0.4, 0.5) is 4.39 Å². The SMILES string of the molecule is CCC1(C)CCN(Cc2ccc(F)c(C(N)=S)c2)CC1. The van der Waals surface area contributed by atoms with Crippen LogP contribution in [0.25, 0.3) is 0 Å². The molecule has 1 aromatic rings. The molecule has 0 amide bonds. The number of halogens is 1. The fourth-order valence-electron chi connectivity index (χ4n) is 2.72. The maximum Gasteiger partial charge on any atom is 0.133 e. The van der Waals surface area contributed by atoms with Gasteiger partial charge in [-0.1, -0.05) is 38.6 Å². The molecule has 0 spiro atoms. The molecule has 1 aliphatic heterocycles. The Hall–Kier alpha value is -1.00. The molecule has 0 atom stereocenters. The van der Waals surface area contributed by atoms with E-state index in [4.69, 9.17) is 18.0 Å². The molecule has 20 heavy (non-hydrogen) atoms. The largest absolute Gasteiger partial charge is 0.389 e. The summed E-state index contributed by atoms with van der Waals surface area (Å²) in [5.41, 5.74) is 7.47. The Morgan fingerprint density at radius 2 is 2.05 bits per heavy atom. The zero-order valence-electron chi connectivity index (χ0n) is 12.3. The molecular weight excluding hydrogens is 271 g/mol. The van der Waals surface area contributed by atoms with Gasteiger partial charge >= 0.3 is 0 Å². The number of nitrogens with zero attached hydrogens (tertiary/aromatic N) is 1. The third-order valence-corrected chi connectivity index (χ3v) is 4.84.